The van der Waals surface area contributed by atoms with Crippen molar-refractivity contribution < 1.29 is 23.8 Å². The fourth-order valence-electron chi connectivity index (χ4n) is 4.42. The summed E-state index contributed by atoms with van der Waals surface area (Å²) in [7, 11) is 4.93. The molecule has 2 heterocycles. The lowest BCUT2D eigenvalue weighted by Crippen LogP contribution is -2.45. The van der Waals surface area contributed by atoms with Crippen LogP contribution in [0, 0.1) is 0 Å². The summed E-state index contributed by atoms with van der Waals surface area (Å²) in [6, 6.07) is 12.7. The van der Waals surface area contributed by atoms with Gasteiger partial charge in [0.25, 0.3) is 5.91 Å². The maximum Gasteiger partial charge on any atom is 0.251 e. The first kappa shape index (κ1) is 21.0. The number of carbonyl (C=O) groups excluding carboxylic acids is 2. The molecule has 1 spiro atoms. The average Bonchev–Trinajstić information content (AvgIpc) is 2.92. The Balaban J connectivity index is 1.61. The fourth-order valence-corrected chi connectivity index (χ4v) is 4.42. The number of rotatable bonds is 4. The van der Waals surface area contributed by atoms with Crippen molar-refractivity contribution >= 4 is 11.8 Å². The summed E-state index contributed by atoms with van der Waals surface area (Å²) in [6.07, 6.45) is 2.42. The monoisotopic (exact) mass is 424 g/mol. The van der Waals surface area contributed by atoms with Crippen molar-refractivity contribution in [1.82, 2.24) is 10.2 Å². The van der Waals surface area contributed by atoms with Crippen molar-refractivity contribution in [1.29, 1.82) is 0 Å². The van der Waals surface area contributed by atoms with Gasteiger partial charge in [0, 0.05) is 44.0 Å². The summed E-state index contributed by atoms with van der Waals surface area (Å²) < 4.78 is 17.1. The first-order chi connectivity index (χ1) is 14.9. The van der Waals surface area contributed by atoms with Gasteiger partial charge in [-0.25, -0.2) is 0 Å². The molecule has 2 aromatic rings. The van der Waals surface area contributed by atoms with Gasteiger partial charge in [0.1, 0.15) is 11.4 Å². The van der Waals surface area contributed by atoms with Crippen LogP contribution in [-0.4, -0.2) is 50.1 Å². The van der Waals surface area contributed by atoms with Crippen molar-refractivity contribution in [2.24, 2.45) is 0 Å². The Labute approximate surface area is 182 Å². The first-order valence-electron chi connectivity index (χ1n) is 10.5. The van der Waals surface area contributed by atoms with E-state index in [1.165, 1.54) is 0 Å². The predicted octanol–water partition coefficient (Wildman–Crippen LogP) is 3.34. The summed E-state index contributed by atoms with van der Waals surface area (Å²) in [5, 5.41) is 3.18. The SMILES string of the molecule is COc1ccc(C(=O)N[C@H]2C[C@@]3(CCC(=O)N(C)CC3)Oc3ccccc32)cc1OC. The first-order valence-corrected chi connectivity index (χ1v) is 10.5. The quantitative estimate of drug-likeness (QED) is 0.815. The molecule has 2 atom stereocenters. The van der Waals surface area contributed by atoms with Gasteiger partial charge in [-0.15, -0.1) is 0 Å². The minimum absolute atomic E-state index is 0.130. The van der Waals surface area contributed by atoms with E-state index in [0.29, 0.717) is 42.9 Å². The molecule has 0 aliphatic carbocycles. The second-order valence-electron chi connectivity index (χ2n) is 8.19. The molecule has 1 saturated heterocycles. The largest absolute Gasteiger partial charge is 0.493 e. The topological polar surface area (TPSA) is 77.1 Å². The van der Waals surface area contributed by atoms with E-state index >= 15 is 0 Å². The minimum Gasteiger partial charge on any atom is -0.493 e. The van der Waals surface area contributed by atoms with Crippen LogP contribution in [0.1, 0.15) is 47.6 Å². The number of benzene rings is 2. The van der Waals surface area contributed by atoms with E-state index in [-0.39, 0.29) is 17.9 Å². The van der Waals surface area contributed by atoms with Gasteiger partial charge < -0.3 is 24.4 Å². The van der Waals surface area contributed by atoms with Crippen LogP contribution in [0.5, 0.6) is 17.2 Å². The Morgan fingerprint density at radius 1 is 1.13 bits per heavy atom. The van der Waals surface area contributed by atoms with Crippen LogP contribution in [0.15, 0.2) is 42.5 Å². The van der Waals surface area contributed by atoms with Crippen LogP contribution in [0.3, 0.4) is 0 Å². The second-order valence-corrected chi connectivity index (χ2v) is 8.19. The van der Waals surface area contributed by atoms with Gasteiger partial charge in [0.2, 0.25) is 5.91 Å². The van der Waals surface area contributed by atoms with E-state index in [1.807, 2.05) is 31.3 Å². The number of nitrogens with zero attached hydrogens (tertiary/aromatic N) is 1. The Morgan fingerprint density at radius 2 is 1.90 bits per heavy atom. The summed E-state index contributed by atoms with van der Waals surface area (Å²) in [5.41, 5.74) is 0.960. The molecule has 0 radical (unpaired) electrons. The molecule has 0 saturated carbocycles. The lowest BCUT2D eigenvalue weighted by atomic mass is 9.82. The summed E-state index contributed by atoms with van der Waals surface area (Å²) in [4.78, 5) is 27.1. The average molecular weight is 424 g/mol. The second kappa shape index (κ2) is 8.49. The molecule has 2 amide bonds. The number of amides is 2. The Morgan fingerprint density at radius 3 is 2.68 bits per heavy atom. The molecule has 2 aromatic carbocycles. The van der Waals surface area contributed by atoms with Crippen molar-refractivity contribution in [3.63, 3.8) is 0 Å². The zero-order valence-electron chi connectivity index (χ0n) is 18.1. The van der Waals surface area contributed by atoms with E-state index < -0.39 is 5.60 Å². The van der Waals surface area contributed by atoms with Crippen molar-refractivity contribution in [3.8, 4) is 17.2 Å². The minimum atomic E-state index is -0.482. The lowest BCUT2D eigenvalue weighted by Gasteiger charge is -2.42. The maximum atomic E-state index is 13.1. The van der Waals surface area contributed by atoms with Crippen molar-refractivity contribution in [2.45, 2.75) is 37.3 Å². The van der Waals surface area contributed by atoms with Crippen LogP contribution >= 0.6 is 0 Å². The highest BCUT2D eigenvalue weighted by molar-refractivity contribution is 5.95. The van der Waals surface area contributed by atoms with Gasteiger partial charge in [-0.3, -0.25) is 9.59 Å². The van der Waals surface area contributed by atoms with E-state index in [1.54, 1.807) is 37.3 Å². The highest BCUT2D eigenvalue weighted by Gasteiger charge is 2.43. The zero-order valence-corrected chi connectivity index (χ0v) is 18.1. The fraction of sp³-hybridized carbons (Fsp3) is 0.417. The molecule has 1 fully saturated rings. The smallest absolute Gasteiger partial charge is 0.251 e. The van der Waals surface area contributed by atoms with Crippen LogP contribution in [-0.2, 0) is 4.79 Å². The number of ether oxygens (including phenoxy) is 3. The molecule has 0 unspecified atom stereocenters. The predicted molar refractivity (Wildman–Crippen MR) is 116 cm³/mol. The maximum absolute atomic E-state index is 13.1. The number of likely N-dealkylation sites (tertiary alicyclic amines) is 1. The summed E-state index contributed by atoms with van der Waals surface area (Å²) >= 11 is 0. The van der Waals surface area contributed by atoms with Gasteiger partial charge in [-0.05, 0) is 30.7 Å². The zero-order chi connectivity index (χ0) is 22.0. The van der Waals surface area contributed by atoms with Gasteiger partial charge in [0.05, 0.1) is 20.3 Å². The van der Waals surface area contributed by atoms with E-state index in [9.17, 15) is 9.59 Å². The molecule has 1 N–H and O–H groups in total. The number of hydrogen-bond acceptors (Lipinski definition) is 5. The standard InChI is InChI=1S/C24H28N2O5/c1-26-13-12-24(11-10-22(26)27)15-18(17-6-4-5-7-19(17)31-24)25-23(28)16-8-9-20(29-2)21(14-16)30-3/h4-9,14,18H,10-13,15H2,1-3H3,(H,25,28)/t18-,24-/m0/s1. The molecule has 7 nitrogen and oxygen atoms in total. The third-order valence-electron chi connectivity index (χ3n) is 6.27. The molecule has 4 rings (SSSR count). The molecule has 31 heavy (non-hydrogen) atoms. The third-order valence-corrected chi connectivity index (χ3v) is 6.27. The Bertz CT molecular complexity index is 992. The van der Waals surface area contributed by atoms with E-state index in [2.05, 4.69) is 5.32 Å². The van der Waals surface area contributed by atoms with Crippen LogP contribution in [0.2, 0.25) is 0 Å². The van der Waals surface area contributed by atoms with Gasteiger partial charge in [0.15, 0.2) is 11.5 Å². The molecule has 164 valence electrons. The summed E-state index contributed by atoms with van der Waals surface area (Å²) in [5.74, 6) is 1.78. The molecule has 2 aliphatic rings. The molecule has 0 aromatic heterocycles. The van der Waals surface area contributed by atoms with E-state index in [0.717, 1.165) is 17.7 Å². The number of fused-ring (bicyclic) bond motifs is 1. The highest BCUT2D eigenvalue weighted by Crippen LogP contribution is 2.44. The molecular weight excluding hydrogens is 396 g/mol. The number of nitrogens with one attached hydrogen (secondary N) is 1. The molecule has 2 aliphatic heterocycles. The lowest BCUT2D eigenvalue weighted by molar-refractivity contribution is -0.129. The van der Waals surface area contributed by atoms with E-state index in [4.69, 9.17) is 14.2 Å². The van der Waals surface area contributed by atoms with Crippen molar-refractivity contribution in [2.75, 3.05) is 27.8 Å². The van der Waals surface area contributed by atoms with Gasteiger partial charge in [-0.2, -0.15) is 0 Å². The molecule has 0 bridgehead atoms. The highest BCUT2D eigenvalue weighted by atomic mass is 16.5. The molecule has 7 heteroatoms. The van der Waals surface area contributed by atoms with Gasteiger partial charge in [-0.1, -0.05) is 18.2 Å². The van der Waals surface area contributed by atoms with Crippen molar-refractivity contribution in [3.05, 3.63) is 53.6 Å². The number of carbonyl (C=O) groups is 2. The van der Waals surface area contributed by atoms with Crippen LogP contribution in [0.4, 0.5) is 0 Å². The molecular formula is C24H28N2O5. The number of methoxy groups -OCH3 is 2. The Hall–Kier alpha value is -3.22. The summed E-state index contributed by atoms with van der Waals surface area (Å²) in [6.45, 7) is 0.636. The third kappa shape index (κ3) is 4.17. The number of hydrogen-bond donors (Lipinski definition) is 1. The normalized spacial score (nSPS) is 22.9. The van der Waals surface area contributed by atoms with Crippen LogP contribution < -0.4 is 19.5 Å². The Kier molecular flexibility index (Phi) is 5.76. The van der Waals surface area contributed by atoms with Crippen LogP contribution in [0.25, 0.3) is 0 Å². The number of para-hydroxylation sites is 1. The van der Waals surface area contributed by atoms with Gasteiger partial charge >= 0.3 is 0 Å².